The molecule has 108 valence electrons. The van der Waals surface area contributed by atoms with Crippen LogP contribution in [0, 0.1) is 0 Å². The highest BCUT2D eigenvalue weighted by molar-refractivity contribution is 9.10. The average Bonchev–Trinajstić information content (AvgIpc) is 2.86. The minimum absolute atomic E-state index is 0. The predicted molar refractivity (Wildman–Crippen MR) is 82.5 cm³/mol. The molecule has 0 aliphatic rings. The van der Waals surface area contributed by atoms with Gasteiger partial charge in [-0.2, -0.15) is 5.10 Å². The highest BCUT2D eigenvalue weighted by atomic mass is 79.9. The molecule has 6 nitrogen and oxygen atoms in total. The molecular formula is C12H15BrClN5O. The van der Waals surface area contributed by atoms with Gasteiger partial charge in [0.2, 0.25) is 5.91 Å². The molecule has 0 unspecified atom stereocenters. The molecule has 8 heteroatoms. The van der Waals surface area contributed by atoms with Crippen LogP contribution >= 0.6 is 28.3 Å². The zero-order valence-corrected chi connectivity index (χ0v) is 13.2. The van der Waals surface area contributed by atoms with Crippen LogP contribution in [-0.4, -0.2) is 34.7 Å². The summed E-state index contributed by atoms with van der Waals surface area (Å²) in [6.07, 6.45) is 0. The van der Waals surface area contributed by atoms with Crippen LogP contribution in [-0.2, 0) is 11.3 Å². The molecular weight excluding hydrogens is 346 g/mol. The minimum Gasteiger partial charge on any atom is -0.348 e. The van der Waals surface area contributed by atoms with Crippen molar-refractivity contribution in [2.45, 2.75) is 6.54 Å². The van der Waals surface area contributed by atoms with E-state index >= 15 is 0 Å². The fourth-order valence-corrected chi connectivity index (χ4v) is 1.77. The number of hydrogen-bond acceptors (Lipinski definition) is 4. The van der Waals surface area contributed by atoms with Crippen molar-refractivity contribution in [3.63, 3.8) is 0 Å². The Labute approximate surface area is 131 Å². The first-order valence-corrected chi connectivity index (χ1v) is 6.57. The number of nitrogens with zero attached hydrogens (tertiary/aromatic N) is 2. The molecule has 0 atom stereocenters. The van der Waals surface area contributed by atoms with Gasteiger partial charge >= 0.3 is 0 Å². The van der Waals surface area contributed by atoms with E-state index in [-0.39, 0.29) is 24.9 Å². The highest BCUT2D eigenvalue weighted by Crippen LogP contribution is 2.17. The van der Waals surface area contributed by atoms with Gasteiger partial charge in [0.15, 0.2) is 5.82 Å². The Morgan fingerprint density at radius 1 is 1.35 bits per heavy atom. The van der Waals surface area contributed by atoms with Gasteiger partial charge < -0.3 is 10.6 Å². The van der Waals surface area contributed by atoms with Gasteiger partial charge in [0.1, 0.15) is 5.82 Å². The van der Waals surface area contributed by atoms with Gasteiger partial charge in [0.25, 0.3) is 0 Å². The Morgan fingerprint density at radius 3 is 2.70 bits per heavy atom. The standard InChI is InChI=1S/C12H14BrN5O.ClH/c1-14-7-11(19)15-6-10-16-12(18-17-10)8-2-4-9(13)5-3-8;/h2-5,14H,6-7H2,1H3,(H,15,19)(H,16,17,18);1H. The molecule has 0 saturated heterocycles. The normalized spacial score (nSPS) is 9.90. The predicted octanol–water partition coefficient (Wildman–Crippen LogP) is 1.49. The van der Waals surface area contributed by atoms with Crippen LogP contribution in [0.15, 0.2) is 28.7 Å². The minimum atomic E-state index is -0.0795. The number of benzene rings is 1. The summed E-state index contributed by atoms with van der Waals surface area (Å²) in [5, 5.41) is 12.4. The molecule has 3 N–H and O–H groups in total. The maximum Gasteiger partial charge on any atom is 0.234 e. The van der Waals surface area contributed by atoms with Gasteiger partial charge in [-0.05, 0) is 19.2 Å². The Hall–Kier alpha value is -1.44. The van der Waals surface area contributed by atoms with Crippen LogP contribution in [0.5, 0.6) is 0 Å². The zero-order valence-electron chi connectivity index (χ0n) is 10.8. The maximum absolute atomic E-state index is 11.3. The van der Waals surface area contributed by atoms with Crippen LogP contribution in [0.4, 0.5) is 0 Å². The number of amides is 1. The van der Waals surface area contributed by atoms with E-state index in [4.69, 9.17) is 0 Å². The van der Waals surface area contributed by atoms with Crippen LogP contribution in [0.3, 0.4) is 0 Å². The molecule has 20 heavy (non-hydrogen) atoms. The van der Waals surface area contributed by atoms with E-state index in [1.165, 1.54) is 0 Å². The summed E-state index contributed by atoms with van der Waals surface area (Å²) >= 11 is 3.38. The number of carbonyl (C=O) groups excluding carboxylic acids is 1. The topological polar surface area (TPSA) is 82.7 Å². The van der Waals surface area contributed by atoms with Gasteiger partial charge in [-0.25, -0.2) is 4.98 Å². The van der Waals surface area contributed by atoms with E-state index < -0.39 is 0 Å². The largest absolute Gasteiger partial charge is 0.348 e. The van der Waals surface area contributed by atoms with E-state index in [2.05, 4.69) is 41.7 Å². The second kappa shape index (κ2) is 7.98. The summed E-state index contributed by atoms with van der Waals surface area (Å²) in [6.45, 7) is 0.623. The SMILES string of the molecule is CNCC(=O)NCc1nc(-c2ccc(Br)cc2)n[nH]1.Cl. The number of hydrogen-bond donors (Lipinski definition) is 3. The zero-order chi connectivity index (χ0) is 13.7. The van der Waals surface area contributed by atoms with Gasteiger partial charge in [-0.3, -0.25) is 9.89 Å². The fraction of sp³-hybridized carbons (Fsp3) is 0.250. The van der Waals surface area contributed by atoms with E-state index in [1.54, 1.807) is 7.05 Å². The molecule has 0 radical (unpaired) electrons. The maximum atomic E-state index is 11.3. The van der Waals surface area contributed by atoms with Gasteiger partial charge in [-0.1, -0.05) is 28.1 Å². The van der Waals surface area contributed by atoms with E-state index in [1.807, 2.05) is 24.3 Å². The van der Waals surface area contributed by atoms with E-state index in [0.29, 0.717) is 18.2 Å². The lowest BCUT2D eigenvalue weighted by Crippen LogP contribution is -2.31. The smallest absolute Gasteiger partial charge is 0.234 e. The number of H-pyrrole nitrogens is 1. The Balaban J connectivity index is 0.00000200. The van der Waals surface area contributed by atoms with Gasteiger partial charge in [-0.15, -0.1) is 12.4 Å². The number of carbonyl (C=O) groups is 1. The number of rotatable bonds is 5. The average molecular weight is 361 g/mol. The number of likely N-dealkylation sites (N-methyl/N-ethyl adjacent to an activating group) is 1. The molecule has 0 saturated carbocycles. The summed E-state index contributed by atoms with van der Waals surface area (Å²) in [7, 11) is 1.72. The molecule has 0 bridgehead atoms. The van der Waals surface area contributed by atoms with Crippen LogP contribution in [0.1, 0.15) is 5.82 Å². The third kappa shape index (κ3) is 4.59. The summed E-state index contributed by atoms with van der Waals surface area (Å²) in [5.41, 5.74) is 0.923. The summed E-state index contributed by atoms with van der Waals surface area (Å²) < 4.78 is 1.01. The first kappa shape index (κ1) is 16.6. The summed E-state index contributed by atoms with van der Waals surface area (Å²) in [5.74, 6) is 1.16. The van der Waals surface area contributed by atoms with Crippen molar-refractivity contribution in [1.29, 1.82) is 0 Å². The molecule has 0 spiro atoms. The van der Waals surface area contributed by atoms with Gasteiger partial charge in [0, 0.05) is 10.0 Å². The third-order valence-corrected chi connectivity index (χ3v) is 2.95. The number of aromatic amines is 1. The number of aromatic nitrogens is 3. The molecule has 0 fully saturated rings. The molecule has 1 heterocycles. The van der Waals surface area contributed by atoms with Crippen molar-refractivity contribution < 1.29 is 4.79 Å². The molecule has 0 aliphatic heterocycles. The fourth-order valence-electron chi connectivity index (χ4n) is 1.51. The molecule has 2 rings (SSSR count). The van der Waals surface area contributed by atoms with Crippen LogP contribution < -0.4 is 10.6 Å². The van der Waals surface area contributed by atoms with Crippen molar-refractivity contribution in [2.24, 2.45) is 0 Å². The second-order valence-corrected chi connectivity index (χ2v) is 4.84. The van der Waals surface area contributed by atoms with Crippen molar-refractivity contribution >= 4 is 34.2 Å². The molecule has 2 aromatic rings. The Kier molecular flexibility index (Phi) is 6.63. The molecule has 1 aromatic carbocycles. The third-order valence-electron chi connectivity index (χ3n) is 2.42. The Morgan fingerprint density at radius 2 is 2.05 bits per heavy atom. The van der Waals surface area contributed by atoms with E-state index in [9.17, 15) is 4.79 Å². The van der Waals surface area contributed by atoms with E-state index in [0.717, 1.165) is 10.0 Å². The lowest BCUT2D eigenvalue weighted by atomic mass is 10.2. The lowest BCUT2D eigenvalue weighted by Gasteiger charge is -2.01. The molecule has 0 aliphatic carbocycles. The van der Waals surface area contributed by atoms with Crippen molar-refractivity contribution in [3.8, 4) is 11.4 Å². The van der Waals surface area contributed by atoms with Gasteiger partial charge in [0.05, 0.1) is 13.1 Å². The monoisotopic (exact) mass is 359 g/mol. The van der Waals surface area contributed by atoms with Crippen LogP contribution in [0.2, 0.25) is 0 Å². The number of halogens is 2. The summed E-state index contributed by atoms with van der Waals surface area (Å²) in [6, 6.07) is 7.72. The first-order chi connectivity index (χ1) is 9.19. The van der Waals surface area contributed by atoms with Crippen molar-refractivity contribution in [2.75, 3.05) is 13.6 Å². The molecule has 1 amide bonds. The first-order valence-electron chi connectivity index (χ1n) is 5.77. The number of nitrogens with one attached hydrogen (secondary N) is 3. The quantitative estimate of drug-likeness (QED) is 0.754. The second-order valence-electron chi connectivity index (χ2n) is 3.92. The van der Waals surface area contributed by atoms with Crippen molar-refractivity contribution in [3.05, 3.63) is 34.6 Å². The highest BCUT2D eigenvalue weighted by Gasteiger charge is 2.06. The van der Waals surface area contributed by atoms with Crippen LogP contribution in [0.25, 0.3) is 11.4 Å². The lowest BCUT2D eigenvalue weighted by molar-refractivity contribution is -0.120. The summed E-state index contributed by atoms with van der Waals surface area (Å²) in [4.78, 5) is 15.6. The Bertz CT molecular complexity index is 557. The van der Waals surface area contributed by atoms with Crippen molar-refractivity contribution in [1.82, 2.24) is 25.8 Å². The molecule has 1 aromatic heterocycles.